The van der Waals surface area contributed by atoms with Crippen LogP contribution in [0, 0.1) is 0 Å². The van der Waals surface area contributed by atoms with Gasteiger partial charge in [0, 0.05) is 4.47 Å². The Morgan fingerprint density at radius 1 is 1.22 bits per heavy atom. The number of aliphatic carboxylic acids is 1. The maximum atomic E-state index is 11.7. The molecule has 18 heavy (non-hydrogen) atoms. The third-order valence-electron chi connectivity index (χ3n) is 3.84. The van der Waals surface area contributed by atoms with Gasteiger partial charge in [-0.15, -0.1) is 0 Å². The van der Waals surface area contributed by atoms with Crippen molar-refractivity contribution in [2.45, 2.75) is 31.1 Å². The molecule has 96 valence electrons. The fraction of sp³-hybridized carbons (Fsp3) is 0.462. The quantitative estimate of drug-likeness (QED) is 0.911. The molecular formula is C13H13BrO4. The average molecular weight is 313 g/mol. The fourth-order valence-corrected chi connectivity index (χ4v) is 3.56. The van der Waals surface area contributed by atoms with Crippen LogP contribution in [0.1, 0.15) is 31.2 Å². The number of hydrogen-bond donors (Lipinski definition) is 1. The predicted octanol–water partition coefficient (Wildman–Crippen LogP) is 3.07. The van der Waals surface area contributed by atoms with Crippen molar-refractivity contribution in [1.29, 1.82) is 0 Å². The lowest BCUT2D eigenvalue weighted by Crippen LogP contribution is -2.32. The number of halogens is 1. The number of ether oxygens (including phenoxy) is 2. The van der Waals surface area contributed by atoms with E-state index in [0.717, 1.165) is 22.9 Å². The zero-order valence-electron chi connectivity index (χ0n) is 9.74. The van der Waals surface area contributed by atoms with Crippen molar-refractivity contribution in [1.82, 2.24) is 0 Å². The Kier molecular flexibility index (Phi) is 2.73. The van der Waals surface area contributed by atoms with Crippen LogP contribution < -0.4 is 9.47 Å². The molecule has 1 aliphatic carbocycles. The molecule has 0 radical (unpaired) electrons. The number of rotatable bonds is 2. The van der Waals surface area contributed by atoms with Crippen LogP contribution >= 0.6 is 15.9 Å². The van der Waals surface area contributed by atoms with Gasteiger partial charge in [-0.1, -0.05) is 28.8 Å². The number of benzene rings is 1. The minimum absolute atomic E-state index is 0.200. The number of carboxylic acid groups (broad SMARTS) is 1. The van der Waals surface area contributed by atoms with Gasteiger partial charge in [0.25, 0.3) is 0 Å². The molecule has 2 aliphatic rings. The first-order valence-corrected chi connectivity index (χ1v) is 6.76. The lowest BCUT2D eigenvalue weighted by molar-refractivity contribution is -0.143. The van der Waals surface area contributed by atoms with Crippen LogP contribution in [-0.2, 0) is 10.2 Å². The summed E-state index contributed by atoms with van der Waals surface area (Å²) in [5.74, 6) is 0.560. The summed E-state index contributed by atoms with van der Waals surface area (Å²) in [6.07, 6.45) is 3.27. The summed E-state index contributed by atoms with van der Waals surface area (Å²) in [6.45, 7) is 0.200. The topological polar surface area (TPSA) is 55.8 Å². The molecule has 1 heterocycles. The van der Waals surface area contributed by atoms with Crippen molar-refractivity contribution in [2.75, 3.05) is 6.79 Å². The first-order chi connectivity index (χ1) is 8.63. The Labute approximate surface area is 113 Å². The SMILES string of the molecule is O=C(O)C1(c2cc3c(cc2Br)OCO3)CCCC1. The Morgan fingerprint density at radius 3 is 2.44 bits per heavy atom. The molecule has 4 nitrogen and oxygen atoms in total. The zero-order valence-corrected chi connectivity index (χ0v) is 11.3. The molecule has 0 amide bonds. The maximum Gasteiger partial charge on any atom is 0.314 e. The minimum Gasteiger partial charge on any atom is -0.481 e. The molecule has 0 saturated heterocycles. The molecule has 0 atom stereocenters. The highest BCUT2D eigenvalue weighted by atomic mass is 79.9. The summed E-state index contributed by atoms with van der Waals surface area (Å²) in [5, 5.41) is 9.60. The fourth-order valence-electron chi connectivity index (χ4n) is 2.86. The van der Waals surface area contributed by atoms with Gasteiger partial charge >= 0.3 is 5.97 Å². The highest BCUT2D eigenvalue weighted by Crippen LogP contribution is 2.48. The van der Waals surface area contributed by atoms with Gasteiger partial charge in [0.1, 0.15) is 0 Å². The second-order valence-electron chi connectivity index (χ2n) is 4.78. The van der Waals surface area contributed by atoms with Crippen molar-refractivity contribution in [3.8, 4) is 11.5 Å². The highest BCUT2D eigenvalue weighted by molar-refractivity contribution is 9.10. The van der Waals surface area contributed by atoms with E-state index in [1.165, 1.54) is 0 Å². The summed E-state index contributed by atoms with van der Waals surface area (Å²) in [7, 11) is 0. The summed E-state index contributed by atoms with van der Waals surface area (Å²) < 4.78 is 11.4. The molecule has 1 aromatic carbocycles. The molecule has 0 bridgehead atoms. The van der Waals surface area contributed by atoms with E-state index in [-0.39, 0.29) is 6.79 Å². The Morgan fingerprint density at radius 2 is 1.83 bits per heavy atom. The van der Waals surface area contributed by atoms with Crippen LogP contribution in [0.2, 0.25) is 0 Å². The number of carboxylic acids is 1. The first kappa shape index (κ1) is 11.8. The summed E-state index contributed by atoms with van der Waals surface area (Å²) in [5.41, 5.74) is 0.0246. The van der Waals surface area contributed by atoms with Crippen LogP contribution in [-0.4, -0.2) is 17.9 Å². The molecular weight excluding hydrogens is 300 g/mol. The largest absolute Gasteiger partial charge is 0.481 e. The van der Waals surface area contributed by atoms with Crippen molar-refractivity contribution >= 4 is 21.9 Å². The Balaban J connectivity index is 2.13. The molecule has 1 fully saturated rings. The smallest absolute Gasteiger partial charge is 0.314 e. The van der Waals surface area contributed by atoms with E-state index in [9.17, 15) is 9.90 Å². The number of fused-ring (bicyclic) bond motifs is 1. The van der Waals surface area contributed by atoms with E-state index in [1.807, 2.05) is 6.07 Å². The monoisotopic (exact) mass is 312 g/mol. The van der Waals surface area contributed by atoms with Gasteiger partial charge in [-0.2, -0.15) is 0 Å². The van der Waals surface area contributed by atoms with Gasteiger partial charge in [0.2, 0.25) is 6.79 Å². The van der Waals surface area contributed by atoms with Gasteiger partial charge in [-0.3, -0.25) is 4.79 Å². The molecule has 5 heteroatoms. The van der Waals surface area contributed by atoms with Crippen molar-refractivity contribution in [2.24, 2.45) is 0 Å². The van der Waals surface area contributed by atoms with Gasteiger partial charge < -0.3 is 14.6 Å². The van der Waals surface area contributed by atoms with Crippen LogP contribution in [0.25, 0.3) is 0 Å². The second kappa shape index (κ2) is 4.16. The Bertz CT molecular complexity index is 506. The van der Waals surface area contributed by atoms with Crippen LogP contribution in [0.5, 0.6) is 11.5 Å². The van der Waals surface area contributed by atoms with Gasteiger partial charge in [0.15, 0.2) is 11.5 Å². The van der Waals surface area contributed by atoms with Crippen molar-refractivity contribution < 1.29 is 19.4 Å². The zero-order chi connectivity index (χ0) is 12.8. The molecule has 1 aromatic rings. The van der Waals surface area contributed by atoms with Gasteiger partial charge in [0.05, 0.1) is 5.41 Å². The van der Waals surface area contributed by atoms with Crippen LogP contribution in [0.3, 0.4) is 0 Å². The minimum atomic E-state index is -0.778. The summed E-state index contributed by atoms with van der Waals surface area (Å²) in [6, 6.07) is 3.62. The van der Waals surface area contributed by atoms with Gasteiger partial charge in [-0.05, 0) is 30.5 Å². The third kappa shape index (κ3) is 1.61. The van der Waals surface area contributed by atoms with Crippen LogP contribution in [0.4, 0.5) is 0 Å². The predicted molar refractivity (Wildman–Crippen MR) is 68.0 cm³/mol. The molecule has 0 unspecified atom stereocenters. The lowest BCUT2D eigenvalue weighted by atomic mass is 9.79. The molecule has 3 rings (SSSR count). The summed E-state index contributed by atoms with van der Waals surface area (Å²) in [4.78, 5) is 11.7. The maximum absolute atomic E-state index is 11.7. The molecule has 0 aromatic heterocycles. The van der Waals surface area contributed by atoms with E-state index in [2.05, 4.69) is 15.9 Å². The average Bonchev–Trinajstić information content (AvgIpc) is 2.95. The van der Waals surface area contributed by atoms with Crippen molar-refractivity contribution in [3.63, 3.8) is 0 Å². The molecule has 1 aliphatic heterocycles. The lowest BCUT2D eigenvalue weighted by Gasteiger charge is -2.25. The standard InChI is InChI=1S/C13H13BrO4/c14-9-6-11-10(17-7-18-11)5-8(9)13(12(15)16)3-1-2-4-13/h5-6H,1-4,7H2,(H,15,16). The van der Waals surface area contributed by atoms with Crippen LogP contribution in [0.15, 0.2) is 16.6 Å². The van der Waals surface area contributed by atoms with E-state index < -0.39 is 11.4 Å². The first-order valence-electron chi connectivity index (χ1n) is 5.96. The number of hydrogen-bond acceptors (Lipinski definition) is 3. The molecule has 1 saturated carbocycles. The second-order valence-corrected chi connectivity index (χ2v) is 5.63. The van der Waals surface area contributed by atoms with E-state index in [0.29, 0.717) is 24.3 Å². The molecule has 1 N–H and O–H groups in total. The third-order valence-corrected chi connectivity index (χ3v) is 4.50. The normalized spacial score (nSPS) is 20.1. The highest BCUT2D eigenvalue weighted by Gasteiger charge is 2.44. The Hall–Kier alpha value is -1.23. The summed E-state index contributed by atoms with van der Waals surface area (Å²) >= 11 is 3.46. The molecule has 0 spiro atoms. The van der Waals surface area contributed by atoms with Crippen molar-refractivity contribution in [3.05, 3.63) is 22.2 Å². The van der Waals surface area contributed by atoms with E-state index in [4.69, 9.17) is 9.47 Å². The van der Waals surface area contributed by atoms with Gasteiger partial charge in [-0.25, -0.2) is 0 Å². The number of carbonyl (C=O) groups is 1. The van der Waals surface area contributed by atoms with E-state index >= 15 is 0 Å². The van der Waals surface area contributed by atoms with E-state index in [1.54, 1.807) is 6.07 Å².